The molecule has 1 amide bonds. The number of primary sulfonamides is 1. The molecule has 2 fully saturated rings. The molecule has 3 aliphatic rings. The fraction of sp³-hybridized carbons (Fsp3) is 0.438. The molecule has 4 aromatic rings. The Balaban J connectivity index is 1.18. The molecule has 0 bridgehead atoms. The zero-order valence-corrected chi connectivity index (χ0v) is 40.4. The molecule has 18 heteroatoms. The highest BCUT2D eigenvalue weighted by atomic mass is 35.5. The van der Waals surface area contributed by atoms with Crippen molar-refractivity contribution in [3.63, 3.8) is 0 Å². The molecule has 2 saturated heterocycles. The number of sulfone groups is 1. The molecule has 4 aromatic carbocycles. The summed E-state index contributed by atoms with van der Waals surface area (Å²) >= 11 is 7.59. The number of benzene rings is 4. The topological polar surface area (TPSA) is 134 Å². The molecular weight excluding hydrogens is 931 g/mol. The number of nitrogens with two attached hydrogens (primary N) is 1. The van der Waals surface area contributed by atoms with Crippen molar-refractivity contribution in [3.8, 4) is 0 Å². The van der Waals surface area contributed by atoms with Crippen molar-refractivity contribution >= 4 is 66.1 Å². The summed E-state index contributed by atoms with van der Waals surface area (Å²) in [7, 11) is -10.9. The Morgan fingerprint density at radius 2 is 1.58 bits per heavy atom. The van der Waals surface area contributed by atoms with Gasteiger partial charge in [0.1, 0.15) is 4.90 Å². The second-order valence-corrected chi connectivity index (χ2v) is 22.9. The van der Waals surface area contributed by atoms with Gasteiger partial charge in [0.2, 0.25) is 10.0 Å². The summed E-state index contributed by atoms with van der Waals surface area (Å²) in [6, 6.07) is 25.6. The van der Waals surface area contributed by atoms with E-state index in [1.54, 1.807) is 24.3 Å². The molecule has 1 atom stereocenters. The molecular formula is C48H57ClF3N5O6S3. The van der Waals surface area contributed by atoms with Crippen LogP contribution in [0.3, 0.4) is 0 Å². The van der Waals surface area contributed by atoms with Crippen LogP contribution in [-0.2, 0) is 24.6 Å². The number of hydrogen-bond acceptors (Lipinski definition) is 10. The van der Waals surface area contributed by atoms with Crippen LogP contribution < -0.4 is 14.9 Å². The lowest BCUT2D eigenvalue weighted by Gasteiger charge is -2.39. The van der Waals surface area contributed by atoms with E-state index < -0.39 is 52.8 Å². The summed E-state index contributed by atoms with van der Waals surface area (Å²) < 4.78 is 101. The summed E-state index contributed by atoms with van der Waals surface area (Å²) in [6.07, 6.45) is 4.13. The fourth-order valence-corrected chi connectivity index (χ4v) is 11.7. The number of piperazine rings is 1. The monoisotopic (exact) mass is 987 g/mol. The van der Waals surface area contributed by atoms with Gasteiger partial charge in [0.05, 0.1) is 17.2 Å². The zero-order chi connectivity index (χ0) is 47.3. The lowest BCUT2D eigenvalue weighted by molar-refractivity contribution is -0.0436. The molecule has 2 heterocycles. The highest BCUT2D eigenvalue weighted by Crippen LogP contribution is 2.43. The second-order valence-electron chi connectivity index (χ2n) is 17.9. The third kappa shape index (κ3) is 12.4. The predicted molar refractivity (Wildman–Crippen MR) is 256 cm³/mol. The van der Waals surface area contributed by atoms with Crippen molar-refractivity contribution in [3.05, 3.63) is 119 Å². The van der Waals surface area contributed by atoms with Crippen LogP contribution in [-0.4, -0.2) is 115 Å². The summed E-state index contributed by atoms with van der Waals surface area (Å²) in [5.41, 5.74) is -1.21. The number of amides is 1. The van der Waals surface area contributed by atoms with E-state index in [1.165, 1.54) is 28.5 Å². The molecule has 0 saturated carbocycles. The van der Waals surface area contributed by atoms with Crippen LogP contribution in [0.2, 0.25) is 5.02 Å². The molecule has 0 unspecified atom stereocenters. The average Bonchev–Trinajstić information content (AvgIpc) is 3.56. The smallest absolute Gasteiger partial charge is 0.380 e. The summed E-state index contributed by atoms with van der Waals surface area (Å²) in [5.74, 6) is -0.577. The third-order valence-electron chi connectivity index (χ3n) is 12.6. The van der Waals surface area contributed by atoms with Crippen LogP contribution in [0.1, 0.15) is 61.9 Å². The van der Waals surface area contributed by atoms with Gasteiger partial charge in [-0.05, 0) is 115 Å². The maximum Gasteiger partial charge on any atom is 0.501 e. The largest absolute Gasteiger partial charge is 0.501 e. The van der Waals surface area contributed by atoms with Gasteiger partial charge in [-0.25, -0.2) is 22.0 Å². The first-order valence-corrected chi connectivity index (χ1v) is 26.5. The van der Waals surface area contributed by atoms with Crippen LogP contribution in [0.4, 0.5) is 24.5 Å². The Hall–Kier alpha value is -3.94. The fourth-order valence-electron chi connectivity index (χ4n) is 8.98. The Labute approximate surface area is 396 Å². The average molecular weight is 989 g/mol. The summed E-state index contributed by atoms with van der Waals surface area (Å²) in [4.78, 5) is 21.6. The first-order valence-electron chi connectivity index (χ1n) is 22.1. The van der Waals surface area contributed by atoms with E-state index >= 15 is 4.79 Å². The van der Waals surface area contributed by atoms with E-state index in [0.29, 0.717) is 43.9 Å². The predicted octanol–water partition coefficient (Wildman–Crippen LogP) is 8.99. The third-order valence-corrected chi connectivity index (χ3v) is 16.4. The minimum absolute atomic E-state index is 0.114. The highest BCUT2D eigenvalue weighted by Gasteiger charge is 2.49. The minimum atomic E-state index is -6.22. The molecule has 2 N–H and O–H groups in total. The van der Waals surface area contributed by atoms with Gasteiger partial charge in [0, 0.05) is 91.9 Å². The SMILES string of the molecule is CC1(C)CCC(c2ccc(Cl)cc2)=C(CN2CCN(c3ccc(C(=O)N(c4ccc(S(N)(=O)=O)cc4S(=O)(=O)C(F)(F)F)[C@H](CCN4CCCOCC4)CSc4ccccc4)cc3)CC2)C1. The van der Waals surface area contributed by atoms with Gasteiger partial charge in [-0.2, -0.15) is 13.2 Å². The standard InChI is InChI=1S/C48H57ClF3N5O6S3/c1-47(2)21-19-43(35-9-13-38(49)14-10-35)37(32-47)33-55-24-26-56(27-25-55)39-15-11-36(12-16-39)46(58)57(44-18-17-42(66(53,61)62)31-45(44)65(59,60)48(50,51)52)40(34-64-41-7-4-3-5-8-41)20-23-54-22-6-29-63-30-28-54/h3-5,7-18,31,40H,6,19-30,32-34H2,1-2H3,(H2,53,61,62)/t40-/m1/s1. The zero-order valence-electron chi connectivity index (χ0n) is 37.2. The maximum atomic E-state index is 15.1. The summed E-state index contributed by atoms with van der Waals surface area (Å²) in [6.45, 7) is 11.3. The molecule has 11 nitrogen and oxygen atoms in total. The lowest BCUT2D eigenvalue weighted by atomic mass is 9.73. The number of halogens is 4. The van der Waals surface area contributed by atoms with E-state index in [0.717, 1.165) is 86.0 Å². The minimum Gasteiger partial charge on any atom is -0.380 e. The van der Waals surface area contributed by atoms with E-state index in [-0.39, 0.29) is 23.2 Å². The Kier molecular flexibility index (Phi) is 16.0. The van der Waals surface area contributed by atoms with Gasteiger partial charge in [-0.1, -0.05) is 61.4 Å². The maximum absolute atomic E-state index is 15.1. The number of nitrogens with zero attached hydrogens (tertiary/aromatic N) is 4. The number of hydrogen-bond donors (Lipinski definition) is 1. The number of sulfonamides is 1. The molecule has 0 spiro atoms. The molecule has 356 valence electrons. The summed E-state index contributed by atoms with van der Waals surface area (Å²) in [5, 5.41) is 6.03. The van der Waals surface area contributed by atoms with Gasteiger partial charge in [0.25, 0.3) is 15.7 Å². The van der Waals surface area contributed by atoms with Crippen molar-refractivity contribution in [2.24, 2.45) is 10.6 Å². The first kappa shape index (κ1) is 50.0. The molecule has 0 radical (unpaired) electrons. The van der Waals surface area contributed by atoms with Crippen molar-refractivity contribution in [2.45, 2.75) is 72.2 Å². The lowest BCUT2D eigenvalue weighted by Crippen LogP contribution is -2.47. The van der Waals surface area contributed by atoms with Gasteiger partial charge >= 0.3 is 5.51 Å². The molecule has 7 rings (SSSR count). The molecule has 66 heavy (non-hydrogen) atoms. The first-order chi connectivity index (χ1) is 31.3. The van der Waals surface area contributed by atoms with Crippen LogP contribution in [0, 0.1) is 5.41 Å². The van der Waals surface area contributed by atoms with Crippen molar-refractivity contribution in [1.29, 1.82) is 0 Å². The Morgan fingerprint density at radius 3 is 2.24 bits per heavy atom. The Morgan fingerprint density at radius 1 is 0.879 bits per heavy atom. The van der Waals surface area contributed by atoms with E-state index in [1.807, 2.05) is 42.5 Å². The number of carbonyl (C=O) groups is 1. The van der Waals surface area contributed by atoms with Crippen LogP contribution in [0.25, 0.3) is 5.57 Å². The van der Waals surface area contributed by atoms with Crippen LogP contribution in [0.15, 0.2) is 117 Å². The molecule has 2 aliphatic heterocycles. The quantitative estimate of drug-likeness (QED) is 0.115. The second kappa shape index (κ2) is 21.1. The van der Waals surface area contributed by atoms with Gasteiger partial charge in [0.15, 0.2) is 0 Å². The highest BCUT2D eigenvalue weighted by molar-refractivity contribution is 7.99. The van der Waals surface area contributed by atoms with E-state index in [9.17, 15) is 30.0 Å². The molecule has 0 aromatic heterocycles. The van der Waals surface area contributed by atoms with Gasteiger partial charge < -0.3 is 19.4 Å². The normalized spacial score (nSPS) is 18.5. The Bertz CT molecular complexity index is 2570. The van der Waals surface area contributed by atoms with Crippen LogP contribution >= 0.6 is 23.4 Å². The number of carbonyl (C=O) groups excluding carboxylic acids is 1. The van der Waals surface area contributed by atoms with Crippen molar-refractivity contribution in [2.75, 3.05) is 81.1 Å². The molecule has 1 aliphatic carbocycles. The van der Waals surface area contributed by atoms with Crippen molar-refractivity contribution in [1.82, 2.24) is 9.80 Å². The number of thioether (sulfide) groups is 1. The van der Waals surface area contributed by atoms with E-state index in [4.69, 9.17) is 21.5 Å². The number of rotatable bonds is 15. The number of ether oxygens (including phenoxy) is 1. The number of anilines is 2. The number of allylic oxidation sites excluding steroid dienone is 1. The van der Waals surface area contributed by atoms with Crippen LogP contribution in [0.5, 0.6) is 0 Å². The van der Waals surface area contributed by atoms with Crippen molar-refractivity contribution < 1.29 is 39.5 Å². The van der Waals surface area contributed by atoms with Gasteiger partial charge in [-0.15, -0.1) is 11.8 Å². The van der Waals surface area contributed by atoms with E-state index in [2.05, 4.69) is 40.7 Å². The number of alkyl halides is 3. The van der Waals surface area contributed by atoms with Gasteiger partial charge in [-0.3, -0.25) is 9.69 Å².